The summed E-state index contributed by atoms with van der Waals surface area (Å²) in [4.78, 5) is 16.0. The second-order valence-electron chi connectivity index (χ2n) is 4.27. The standard InChI is InChI=1S/C13H21N3O/c1-4-13(5-2,6-3)16-12(17)10-7-8-11(14)15-9-10/h7-9H,4-6H2,1-3H3,(H2,14,15)(H,16,17). The molecule has 0 unspecified atom stereocenters. The van der Waals surface area contributed by atoms with Gasteiger partial charge < -0.3 is 11.1 Å². The first kappa shape index (κ1) is 13.5. The lowest BCUT2D eigenvalue weighted by atomic mass is 9.89. The summed E-state index contributed by atoms with van der Waals surface area (Å²) in [6, 6.07) is 3.34. The summed E-state index contributed by atoms with van der Waals surface area (Å²) in [6.45, 7) is 6.28. The molecule has 0 aliphatic rings. The van der Waals surface area contributed by atoms with Gasteiger partial charge in [-0.25, -0.2) is 4.98 Å². The predicted octanol–water partition coefficient (Wildman–Crippen LogP) is 2.36. The molecule has 0 bridgehead atoms. The fourth-order valence-corrected chi connectivity index (χ4v) is 1.87. The van der Waals surface area contributed by atoms with Crippen molar-refractivity contribution in [3.63, 3.8) is 0 Å². The lowest BCUT2D eigenvalue weighted by Crippen LogP contribution is -2.47. The van der Waals surface area contributed by atoms with Gasteiger partial charge in [0.1, 0.15) is 5.82 Å². The summed E-state index contributed by atoms with van der Waals surface area (Å²) in [7, 11) is 0. The van der Waals surface area contributed by atoms with Crippen LogP contribution >= 0.6 is 0 Å². The van der Waals surface area contributed by atoms with Crippen molar-refractivity contribution in [2.75, 3.05) is 5.73 Å². The molecule has 0 spiro atoms. The van der Waals surface area contributed by atoms with Crippen LogP contribution in [0.3, 0.4) is 0 Å². The van der Waals surface area contributed by atoms with Crippen LogP contribution in [-0.4, -0.2) is 16.4 Å². The fraction of sp³-hybridized carbons (Fsp3) is 0.538. The Labute approximate surface area is 103 Å². The van der Waals surface area contributed by atoms with Gasteiger partial charge in [-0.1, -0.05) is 20.8 Å². The minimum Gasteiger partial charge on any atom is -0.384 e. The van der Waals surface area contributed by atoms with E-state index in [1.807, 2.05) is 0 Å². The second-order valence-corrected chi connectivity index (χ2v) is 4.27. The lowest BCUT2D eigenvalue weighted by molar-refractivity contribution is 0.0888. The van der Waals surface area contributed by atoms with Gasteiger partial charge in [0.2, 0.25) is 0 Å². The highest BCUT2D eigenvalue weighted by atomic mass is 16.1. The van der Waals surface area contributed by atoms with Crippen LogP contribution in [0.1, 0.15) is 50.4 Å². The van der Waals surface area contributed by atoms with Crippen LogP contribution in [0.4, 0.5) is 5.82 Å². The van der Waals surface area contributed by atoms with Crippen LogP contribution in [-0.2, 0) is 0 Å². The van der Waals surface area contributed by atoms with Crippen LogP contribution in [0.5, 0.6) is 0 Å². The fourth-order valence-electron chi connectivity index (χ4n) is 1.87. The van der Waals surface area contributed by atoms with Crippen molar-refractivity contribution >= 4 is 11.7 Å². The van der Waals surface area contributed by atoms with E-state index >= 15 is 0 Å². The molecule has 0 saturated carbocycles. The molecule has 1 heterocycles. The quantitative estimate of drug-likeness (QED) is 0.823. The first-order valence-electron chi connectivity index (χ1n) is 6.11. The van der Waals surface area contributed by atoms with E-state index < -0.39 is 0 Å². The number of pyridine rings is 1. The normalized spacial score (nSPS) is 11.2. The third kappa shape index (κ3) is 3.19. The van der Waals surface area contributed by atoms with E-state index in [0.717, 1.165) is 19.3 Å². The zero-order valence-electron chi connectivity index (χ0n) is 10.8. The van der Waals surface area contributed by atoms with E-state index in [1.54, 1.807) is 12.1 Å². The van der Waals surface area contributed by atoms with Gasteiger partial charge in [0.25, 0.3) is 5.91 Å². The van der Waals surface area contributed by atoms with Crippen LogP contribution in [0, 0.1) is 0 Å². The molecule has 0 saturated heterocycles. The lowest BCUT2D eigenvalue weighted by Gasteiger charge is -2.31. The highest BCUT2D eigenvalue weighted by Crippen LogP contribution is 2.19. The van der Waals surface area contributed by atoms with Gasteiger partial charge in [-0.15, -0.1) is 0 Å². The number of nitrogens with two attached hydrogens (primary N) is 1. The Morgan fingerprint density at radius 3 is 2.29 bits per heavy atom. The molecule has 0 fully saturated rings. The minimum atomic E-state index is -0.113. The van der Waals surface area contributed by atoms with Crippen LogP contribution < -0.4 is 11.1 Å². The third-order valence-corrected chi connectivity index (χ3v) is 3.46. The Morgan fingerprint density at radius 2 is 1.88 bits per heavy atom. The van der Waals surface area contributed by atoms with E-state index in [2.05, 4.69) is 31.1 Å². The molecule has 1 aromatic heterocycles. The SMILES string of the molecule is CCC(CC)(CC)NC(=O)c1ccc(N)nc1. The van der Waals surface area contributed by atoms with Crippen molar-refractivity contribution in [2.45, 2.75) is 45.6 Å². The number of aromatic nitrogens is 1. The van der Waals surface area contributed by atoms with Crippen molar-refractivity contribution in [1.82, 2.24) is 10.3 Å². The van der Waals surface area contributed by atoms with E-state index in [9.17, 15) is 4.79 Å². The average Bonchev–Trinajstić information content (AvgIpc) is 2.37. The number of hydrogen-bond donors (Lipinski definition) is 2. The number of nitrogen functional groups attached to an aromatic ring is 1. The number of rotatable bonds is 5. The number of nitrogens with zero attached hydrogens (tertiary/aromatic N) is 1. The predicted molar refractivity (Wildman–Crippen MR) is 69.7 cm³/mol. The van der Waals surface area contributed by atoms with E-state index in [4.69, 9.17) is 5.73 Å². The summed E-state index contributed by atoms with van der Waals surface area (Å²) in [5.41, 5.74) is 5.93. The highest BCUT2D eigenvalue weighted by molar-refractivity contribution is 5.94. The summed E-state index contributed by atoms with van der Waals surface area (Å²) < 4.78 is 0. The Hall–Kier alpha value is -1.58. The highest BCUT2D eigenvalue weighted by Gasteiger charge is 2.26. The van der Waals surface area contributed by atoms with E-state index in [-0.39, 0.29) is 11.4 Å². The summed E-state index contributed by atoms with van der Waals surface area (Å²) in [6.07, 6.45) is 4.28. The number of nitrogens with one attached hydrogen (secondary N) is 1. The second kappa shape index (κ2) is 5.66. The molecule has 0 radical (unpaired) electrons. The molecule has 1 amide bonds. The maximum Gasteiger partial charge on any atom is 0.253 e. The summed E-state index contributed by atoms with van der Waals surface area (Å²) in [5, 5.41) is 3.10. The smallest absolute Gasteiger partial charge is 0.253 e. The first-order chi connectivity index (χ1) is 8.06. The van der Waals surface area contributed by atoms with Gasteiger partial charge in [0.15, 0.2) is 0 Å². The van der Waals surface area contributed by atoms with Gasteiger partial charge >= 0.3 is 0 Å². The molecule has 1 rings (SSSR count). The molecule has 0 aromatic carbocycles. The molecule has 0 aliphatic heterocycles. The van der Waals surface area contributed by atoms with E-state index in [1.165, 1.54) is 6.20 Å². The molecular formula is C13H21N3O. The Kier molecular flexibility index (Phi) is 4.49. The Bertz CT molecular complexity index is 360. The molecule has 0 atom stereocenters. The van der Waals surface area contributed by atoms with Crippen molar-refractivity contribution in [3.8, 4) is 0 Å². The summed E-state index contributed by atoms with van der Waals surface area (Å²) >= 11 is 0. The minimum absolute atomic E-state index is 0.0805. The van der Waals surface area contributed by atoms with Crippen molar-refractivity contribution < 1.29 is 4.79 Å². The largest absolute Gasteiger partial charge is 0.384 e. The molecule has 4 nitrogen and oxygen atoms in total. The molecule has 17 heavy (non-hydrogen) atoms. The van der Waals surface area contributed by atoms with Gasteiger partial charge in [-0.05, 0) is 31.4 Å². The number of amides is 1. The number of carbonyl (C=O) groups excluding carboxylic acids is 1. The summed E-state index contributed by atoms with van der Waals surface area (Å²) in [5.74, 6) is 0.345. The monoisotopic (exact) mass is 235 g/mol. The van der Waals surface area contributed by atoms with E-state index in [0.29, 0.717) is 11.4 Å². The van der Waals surface area contributed by atoms with Gasteiger partial charge in [-0.2, -0.15) is 0 Å². The van der Waals surface area contributed by atoms with Gasteiger partial charge in [-0.3, -0.25) is 4.79 Å². The van der Waals surface area contributed by atoms with Crippen molar-refractivity contribution in [3.05, 3.63) is 23.9 Å². The number of hydrogen-bond acceptors (Lipinski definition) is 3. The average molecular weight is 235 g/mol. The molecule has 0 aliphatic carbocycles. The Morgan fingerprint density at radius 1 is 1.29 bits per heavy atom. The van der Waals surface area contributed by atoms with Crippen LogP contribution in [0.15, 0.2) is 18.3 Å². The molecule has 3 N–H and O–H groups in total. The maximum absolute atomic E-state index is 12.1. The topological polar surface area (TPSA) is 68.0 Å². The van der Waals surface area contributed by atoms with Crippen molar-refractivity contribution in [2.24, 2.45) is 0 Å². The van der Waals surface area contributed by atoms with Crippen LogP contribution in [0.2, 0.25) is 0 Å². The molecule has 1 aromatic rings. The molecule has 94 valence electrons. The molecular weight excluding hydrogens is 214 g/mol. The Balaban J connectivity index is 2.81. The van der Waals surface area contributed by atoms with Gasteiger partial charge in [0, 0.05) is 11.7 Å². The number of anilines is 1. The zero-order chi connectivity index (χ0) is 12.9. The zero-order valence-corrected chi connectivity index (χ0v) is 10.8. The van der Waals surface area contributed by atoms with Crippen LogP contribution in [0.25, 0.3) is 0 Å². The van der Waals surface area contributed by atoms with Gasteiger partial charge in [0.05, 0.1) is 5.56 Å². The molecule has 4 heteroatoms. The maximum atomic E-state index is 12.1. The third-order valence-electron chi connectivity index (χ3n) is 3.46. The number of carbonyl (C=O) groups is 1. The first-order valence-corrected chi connectivity index (χ1v) is 6.11. The van der Waals surface area contributed by atoms with Crippen molar-refractivity contribution in [1.29, 1.82) is 0 Å².